The zero-order valence-electron chi connectivity index (χ0n) is 15.2. The maximum absolute atomic E-state index is 12.9. The van der Waals surface area contributed by atoms with Gasteiger partial charge in [0.1, 0.15) is 11.5 Å². The molecule has 0 atom stereocenters. The van der Waals surface area contributed by atoms with E-state index in [1.54, 1.807) is 6.20 Å². The van der Waals surface area contributed by atoms with Gasteiger partial charge in [-0.2, -0.15) is 0 Å². The highest BCUT2D eigenvalue weighted by molar-refractivity contribution is 5.79. The Labute approximate surface area is 152 Å². The normalized spacial score (nSPS) is 16.0. The van der Waals surface area contributed by atoms with E-state index in [2.05, 4.69) is 42.6 Å². The second kappa shape index (κ2) is 6.08. The second-order valence-corrected chi connectivity index (χ2v) is 7.28. The first-order valence-electron chi connectivity index (χ1n) is 8.62. The maximum atomic E-state index is 12.9. The molecule has 1 aromatic carbocycles. The molecule has 4 rings (SSSR count). The minimum absolute atomic E-state index is 0.0235. The van der Waals surface area contributed by atoms with Crippen molar-refractivity contribution in [3.05, 3.63) is 70.0 Å². The van der Waals surface area contributed by atoms with Crippen LogP contribution in [0.2, 0.25) is 0 Å². The molecule has 0 aliphatic carbocycles. The number of hydrogen-bond donors (Lipinski definition) is 0. The third kappa shape index (κ3) is 2.89. The summed E-state index contributed by atoms with van der Waals surface area (Å²) in [5.41, 5.74) is 2.19. The minimum atomic E-state index is -0.0692. The monoisotopic (exact) mass is 344 g/mol. The van der Waals surface area contributed by atoms with Crippen molar-refractivity contribution in [3.63, 3.8) is 0 Å². The van der Waals surface area contributed by atoms with Crippen LogP contribution in [0.1, 0.15) is 30.9 Å². The number of hydrogen-bond acceptors (Lipinski definition) is 4. The molecule has 1 aliphatic rings. The molecule has 0 fully saturated rings. The Kier molecular flexibility index (Phi) is 3.86. The zero-order chi connectivity index (χ0) is 18.3. The van der Waals surface area contributed by atoms with Gasteiger partial charge >= 0.3 is 0 Å². The molecule has 0 N–H and O–H groups in total. The van der Waals surface area contributed by atoms with Gasteiger partial charge in [-0.3, -0.25) is 14.3 Å². The molecular formula is C21H20N4O. The number of likely N-dealkylation sites (N-methyl/N-ethyl adjacent to an activating group) is 1. The predicted octanol–water partition coefficient (Wildman–Crippen LogP) is 2.42. The fourth-order valence-corrected chi connectivity index (χ4v) is 3.14. The van der Waals surface area contributed by atoms with Crippen LogP contribution in [0.4, 0.5) is 0 Å². The molecule has 0 amide bonds. The summed E-state index contributed by atoms with van der Waals surface area (Å²) in [6, 6.07) is 11.2. The molecule has 3 heterocycles. The van der Waals surface area contributed by atoms with Crippen molar-refractivity contribution in [3.8, 4) is 11.8 Å². The zero-order valence-corrected chi connectivity index (χ0v) is 15.2. The highest BCUT2D eigenvalue weighted by Gasteiger charge is 2.31. The number of aromatic nitrogens is 3. The first-order valence-corrected chi connectivity index (χ1v) is 8.62. The molecule has 0 unspecified atom stereocenters. The quantitative estimate of drug-likeness (QED) is 0.588. The molecule has 130 valence electrons. The Bertz CT molecular complexity index is 1100. The lowest BCUT2D eigenvalue weighted by Gasteiger charge is -2.40. The van der Waals surface area contributed by atoms with Crippen LogP contribution in [0.15, 0.2) is 47.4 Å². The van der Waals surface area contributed by atoms with Crippen LogP contribution >= 0.6 is 0 Å². The largest absolute Gasteiger partial charge is 0.293 e. The van der Waals surface area contributed by atoms with E-state index in [9.17, 15) is 4.79 Å². The molecular weight excluding hydrogens is 324 g/mol. The SMILES string of the molecule is CN1Cc2nc3cc(C#Cc4ccccn4)ccc3c(=O)n2CC1(C)C. The Morgan fingerprint density at radius 2 is 2.00 bits per heavy atom. The van der Waals surface area contributed by atoms with Crippen LogP contribution in [0.5, 0.6) is 0 Å². The first kappa shape index (κ1) is 16.5. The van der Waals surface area contributed by atoms with Gasteiger partial charge in [0.15, 0.2) is 0 Å². The smallest absolute Gasteiger partial charge is 0.261 e. The lowest BCUT2D eigenvalue weighted by atomic mass is 10.0. The van der Waals surface area contributed by atoms with Crippen molar-refractivity contribution in [2.24, 2.45) is 0 Å². The summed E-state index contributed by atoms with van der Waals surface area (Å²) in [6.45, 7) is 5.58. The van der Waals surface area contributed by atoms with E-state index < -0.39 is 0 Å². The van der Waals surface area contributed by atoms with E-state index in [-0.39, 0.29) is 11.1 Å². The number of nitrogens with zero attached hydrogens (tertiary/aromatic N) is 4. The highest BCUT2D eigenvalue weighted by Crippen LogP contribution is 2.23. The molecule has 0 saturated heterocycles. The van der Waals surface area contributed by atoms with E-state index in [1.165, 1.54) is 0 Å². The third-order valence-corrected chi connectivity index (χ3v) is 4.99. The molecule has 5 nitrogen and oxygen atoms in total. The van der Waals surface area contributed by atoms with Gasteiger partial charge in [0.05, 0.1) is 17.4 Å². The minimum Gasteiger partial charge on any atom is -0.293 e. The number of fused-ring (bicyclic) bond motifs is 2. The van der Waals surface area contributed by atoms with E-state index in [1.807, 2.05) is 41.0 Å². The summed E-state index contributed by atoms with van der Waals surface area (Å²) in [4.78, 5) is 24.1. The molecule has 0 bridgehead atoms. The number of pyridine rings is 1. The van der Waals surface area contributed by atoms with Gasteiger partial charge in [-0.05, 0) is 57.1 Å². The molecule has 2 aromatic heterocycles. The van der Waals surface area contributed by atoms with Gasteiger partial charge in [-0.1, -0.05) is 12.0 Å². The first-order chi connectivity index (χ1) is 12.4. The van der Waals surface area contributed by atoms with Crippen molar-refractivity contribution < 1.29 is 0 Å². The molecule has 5 heteroatoms. The van der Waals surface area contributed by atoms with Gasteiger partial charge < -0.3 is 0 Å². The Morgan fingerprint density at radius 1 is 1.15 bits per heavy atom. The molecule has 26 heavy (non-hydrogen) atoms. The van der Waals surface area contributed by atoms with E-state index >= 15 is 0 Å². The van der Waals surface area contributed by atoms with Crippen molar-refractivity contribution in [1.82, 2.24) is 19.4 Å². The van der Waals surface area contributed by atoms with Crippen molar-refractivity contribution in [1.29, 1.82) is 0 Å². The highest BCUT2D eigenvalue weighted by atomic mass is 16.1. The van der Waals surface area contributed by atoms with Crippen molar-refractivity contribution in [2.75, 3.05) is 7.05 Å². The number of benzene rings is 1. The lowest BCUT2D eigenvalue weighted by molar-refractivity contribution is 0.0925. The fourth-order valence-electron chi connectivity index (χ4n) is 3.14. The molecule has 0 saturated carbocycles. The summed E-state index contributed by atoms with van der Waals surface area (Å²) < 4.78 is 1.81. The van der Waals surface area contributed by atoms with Crippen LogP contribution < -0.4 is 5.56 Å². The summed E-state index contributed by atoms with van der Waals surface area (Å²) >= 11 is 0. The maximum Gasteiger partial charge on any atom is 0.261 e. The van der Waals surface area contributed by atoms with Crippen LogP contribution in [-0.4, -0.2) is 32.0 Å². The Morgan fingerprint density at radius 3 is 2.77 bits per heavy atom. The van der Waals surface area contributed by atoms with Gasteiger partial charge in [0, 0.05) is 23.8 Å². The average Bonchev–Trinajstić information content (AvgIpc) is 2.63. The molecule has 3 aromatic rings. The molecule has 0 radical (unpaired) electrons. The standard InChI is InChI=1S/C21H20N4O/c1-21(2)14-25-19(13-24(21)3)23-18-12-15(8-10-17(18)20(25)26)7-9-16-6-4-5-11-22-16/h4-6,8,10-12H,13-14H2,1-3H3. The van der Waals surface area contributed by atoms with E-state index in [4.69, 9.17) is 4.98 Å². The van der Waals surface area contributed by atoms with Gasteiger partial charge in [-0.15, -0.1) is 0 Å². The van der Waals surface area contributed by atoms with E-state index in [0.717, 1.165) is 17.1 Å². The van der Waals surface area contributed by atoms with Gasteiger partial charge in [-0.25, -0.2) is 9.97 Å². The summed E-state index contributed by atoms with van der Waals surface area (Å²) in [5, 5.41) is 0.637. The van der Waals surface area contributed by atoms with Crippen LogP contribution in [-0.2, 0) is 13.1 Å². The molecule has 0 spiro atoms. The van der Waals surface area contributed by atoms with E-state index in [0.29, 0.717) is 24.0 Å². The summed E-state index contributed by atoms with van der Waals surface area (Å²) in [7, 11) is 2.06. The van der Waals surface area contributed by atoms with Gasteiger partial charge in [0.2, 0.25) is 0 Å². The Hall–Kier alpha value is -2.97. The predicted molar refractivity (Wildman–Crippen MR) is 102 cm³/mol. The number of rotatable bonds is 0. The fraction of sp³-hybridized carbons (Fsp3) is 0.286. The van der Waals surface area contributed by atoms with Gasteiger partial charge in [0.25, 0.3) is 5.56 Å². The van der Waals surface area contributed by atoms with Crippen molar-refractivity contribution >= 4 is 10.9 Å². The van der Waals surface area contributed by atoms with Crippen LogP contribution in [0.25, 0.3) is 10.9 Å². The van der Waals surface area contributed by atoms with Crippen molar-refractivity contribution in [2.45, 2.75) is 32.5 Å². The second-order valence-electron chi connectivity index (χ2n) is 7.28. The lowest BCUT2D eigenvalue weighted by Crippen LogP contribution is -2.51. The summed E-state index contributed by atoms with van der Waals surface area (Å²) in [5.74, 6) is 6.95. The third-order valence-electron chi connectivity index (χ3n) is 4.99. The average molecular weight is 344 g/mol. The van der Waals surface area contributed by atoms with Crippen LogP contribution in [0.3, 0.4) is 0 Å². The summed E-state index contributed by atoms with van der Waals surface area (Å²) in [6.07, 6.45) is 1.72. The van der Waals surface area contributed by atoms with Crippen LogP contribution in [0, 0.1) is 11.8 Å². The molecule has 1 aliphatic heterocycles. The Balaban J connectivity index is 1.79. The topological polar surface area (TPSA) is 51.0 Å².